The molecule has 0 fully saturated rings. The summed E-state index contributed by atoms with van der Waals surface area (Å²) in [5.74, 6) is 0. The molecule has 2 heterocycles. The van der Waals surface area contributed by atoms with Crippen LogP contribution in [0.1, 0.15) is 0 Å². The Balaban J connectivity index is 1.15. The highest BCUT2D eigenvalue weighted by Crippen LogP contribution is 2.47. The molecular formula is C50H31NO2. The second kappa shape index (κ2) is 11.7. The molecule has 0 aliphatic carbocycles. The first-order chi connectivity index (χ1) is 26.2. The van der Waals surface area contributed by atoms with Gasteiger partial charge in [-0.1, -0.05) is 121 Å². The van der Waals surface area contributed by atoms with Gasteiger partial charge in [-0.15, -0.1) is 0 Å². The fourth-order valence-corrected chi connectivity index (χ4v) is 8.09. The third-order valence-corrected chi connectivity index (χ3v) is 10.6. The molecule has 2 aromatic heterocycles. The zero-order valence-corrected chi connectivity index (χ0v) is 28.7. The fraction of sp³-hybridized carbons (Fsp3) is 0. The minimum absolute atomic E-state index is 0.857. The van der Waals surface area contributed by atoms with Gasteiger partial charge in [0.05, 0.1) is 16.8 Å². The van der Waals surface area contributed by atoms with Crippen LogP contribution in [0.3, 0.4) is 0 Å². The molecule has 0 spiro atoms. The number of hydrogen-bond donors (Lipinski definition) is 0. The number of anilines is 3. The molecular weight excluding hydrogens is 647 g/mol. The van der Waals surface area contributed by atoms with Crippen LogP contribution in [0.5, 0.6) is 0 Å². The summed E-state index contributed by atoms with van der Waals surface area (Å²) >= 11 is 0. The lowest BCUT2D eigenvalue weighted by Crippen LogP contribution is -2.11. The van der Waals surface area contributed by atoms with Gasteiger partial charge in [-0.25, -0.2) is 0 Å². The zero-order valence-electron chi connectivity index (χ0n) is 28.7. The van der Waals surface area contributed by atoms with Gasteiger partial charge in [0.25, 0.3) is 0 Å². The van der Waals surface area contributed by atoms with E-state index >= 15 is 0 Å². The van der Waals surface area contributed by atoms with Crippen LogP contribution in [0.4, 0.5) is 17.1 Å². The number of furan rings is 2. The van der Waals surface area contributed by atoms with E-state index in [1.807, 2.05) is 12.1 Å². The summed E-state index contributed by atoms with van der Waals surface area (Å²) in [5, 5.41) is 9.22. The molecule has 3 heteroatoms. The molecule has 0 saturated carbocycles. The lowest BCUT2D eigenvalue weighted by molar-refractivity contribution is 0.669. The number of hydrogen-bond acceptors (Lipinski definition) is 3. The molecule has 3 nitrogen and oxygen atoms in total. The average molecular weight is 678 g/mol. The zero-order chi connectivity index (χ0) is 34.9. The van der Waals surface area contributed by atoms with Crippen molar-refractivity contribution in [1.82, 2.24) is 0 Å². The maximum absolute atomic E-state index is 6.44. The second-order valence-electron chi connectivity index (χ2n) is 13.7. The normalized spacial score (nSPS) is 11.8. The minimum atomic E-state index is 0.857. The highest BCUT2D eigenvalue weighted by atomic mass is 16.3. The maximum atomic E-state index is 6.44. The Kier molecular flexibility index (Phi) is 6.55. The quantitative estimate of drug-likeness (QED) is 0.182. The van der Waals surface area contributed by atoms with E-state index in [9.17, 15) is 0 Å². The van der Waals surface area contributed by atoms with Gasteiger partial charge in [0.1, 0.15) is 22.3 Å². The Labute approximate surface area is 305 Å². The van der Waals surface area contributed by atoms with Gasteiger partial charge < -0.3 is 13.7 Å². The van der Waals surface area contributed by atoms with Crippen molar-refractivity contribution in [2.45, 2.75) is 0 Å². The van der Waals surface area contributed by atoms with E-state index in [2.05, 4.69) is 181 Å². The van der Waals surface area contributed by atoms with Gasteiger partial charge in [-0.05, 0) is 105 Å². The van der Waals surface area contributed by atoms with Crippen molar-refractivity contribution in [2.75, 3.05) is 4.90 Å². The van der Waals surface area contributed by atoms with Gasteiger partial charge in [0.15, 0.2) is 0 Å². The summed E-state index contributed by atoms with van der Waals surface area (Å²) in [6, 6.07) is 67.0. The van der Waals surface area contributed by atoms with Crippen LogP contribution >= 0.6 is 0 Å². The van der Waals surface area contributed by atoms with Crippen LogP contribution in [0.15, 0.2) is 197 Å². The summed E-state index contributed by atoms with van der Waals surface area (Å²) in [4.78, 5) is 2.40. The molecule has 248 valence electrons. The lowest BCUT2D eigenvalue weighted by atomic mass is 9.97. The van der Waals surface area contributed by atoms with E-state index in [0.29, 0.717) is 0 Å². The first-order valence-corrected chi connectivity index (χ1v) is 18.0. The van der Waals surface area contributed by atoms with Crippen molar-refractivity contribution in [2.24, 2.45) is 0 Å². The maximum Gasteiger partial charge on any atom is 0.137 e. The lowest BCUT2D eigenvalue weighted by Gasteiger charge is -2.29. The molecule has 11 rings (SSSR count). The van der Waals surface area contributed by atoms with Crippen molar-refractivity contribution >= 4 is 82.5 Å². The van der Waals surface area contributed by atoms with E-state index in [1.165, 1.54) is 27.1 Å². The molecule has 53 heavy (non-hydrogen) atoms. The monoisotopic (exact) mass is 677 g/mol. The molecule has 0 saturated heterocycles. The first-order valence-electron chi connectivity index (χ1n) is 18.0. The smallest absolute Gasteiger partial charge is 0.137 e. The van der Waals surface area contributed by atoms with Crippen LogP contribution in [0.2, 0.25) is 0 Å². The molecule has 0 N–H and O–H groups in total. The van der Waals surface area contributed by atoms with Crippen molar-refractivity contribution in [1.29, 1.82) is 0 Å². The summed E-state index contributed by atoms with van der Waals surface area (Å²) in [6.45, 7) is 0. The molecule has 0 amide bonds. The van der Waals surface area contributed by atoms with E-state index < -0.39 is 0 Å². The number of rotatable bonds is 5. The highest BCUT2D eigenvalue weighted by molar-refractivity contribution is 6.15. The molecule has 0 unspecified atom stereocenters. The van der Waals surface area contributed by atoms with Crippen molar-refractivity contribution < 1.29 is 8.83 Å². The van der Waals surface area contributed by atoms with Crippen LogP contribution in [0, 0.1) is 0 Å². The number of nitrogens with zero attached hydrogens (tertiary/aromatic N) is 1. The van der Waals surface area contributed by atoms with Crippen molar-refractivity contribution in [3.8, 4) is 22.3 Å². The van der Waals surface area contributed by atoms with Gasteiger partial charge in [-0.2, -0.15) is 0 Å². The number of para-hydroxylation sites is 2. The highest BCUT2D eigenvalue weighted by Gasteiger charge is 2.23. The van der Waals surface area contributed by atoms with Crippen LogP contribution in [0.25, 0.3) is 87.7 Å². The van der Waals surface area contributed by atoms with Crippen molar-refractivity contribution in [3.05, 3.63) is 188 Å². The van der Waals surface area contributed by atoms with Crippen molar-refractivity contribution in [3.63, 3.8) is 0 Å². The fourth-order valence-electron chi connectivity index (χ4n) is 8.09. The third kappa shape index (κ3) is 4.82. The van der Waals surface area contributed by atoms with E-state index in [4.69, 9.17) is 8.83 Å². The van der Waals surface area contributed by atoms with Crippen LogP contribution in [-0.4, -0.2) is 0 Å². The Bertz CT molecular complexity index is 3200. The van der Waals surface area contributed by atoms with Gasteiger partial charge >= 0.3 is 0 Å². The summed E-state index contributed by atoms with van der Waals surface area (Å²) in [6.07, 6.45) is 0. The van der Waals surface area contributed by atoms with Crippen LogP contribution < -0.4 is 4.90 Å². The Morgan fingerprint density at radius 2 is 0.943 bits per heavy atom. The molecule has 0 aliphatic rings. The number of benzene rings is 9. The van der Waals surface area contributed by atoms with Gasteiger partial charge in [0.2, 0.25) is 0 Å². The second-order valence-corrected chi connectivity index (χ2v) is 13.7. The minimum Gasteiger partial charge on any atom is -0.456 e. The SMILES string of the molecule is c1cc(-c2ccc3ccccc3c2)cc(N(c2ccccc2-c2ccc3oc4cc5ccccc5cc4c3c2)c2cccc3oc4ccccc4c23)c1. The molecule has 0 radical (unpaired) electrons. The molecule has 0 bridgehead atoms. The molecule has 0 atom stereocenters. The summed E-state index contributed by atoms with van der Waals surface area (Å²) in [5.41, 5.74) is 11.2. The Hall–Kier alpha value is -7.10. The Morgan fingerprint density at radius 1 is 0.321 bits per heavy atom. The molecule has 11 aromatic rings. The van der Waals surface area contributed by atoms with E-state index in [0.717, 1.165) is 77.6 Å². The Morgan fingerprint density at radius 3 is 1.85 bits per heavy atom. The topological polar surface area (TPSA) is 29.5 Å². The predicted octanol–water partition coefficient (Wildman–Crippen LogP) is 14.6. The first kappa shape index (κ1) is 29.6. The average Bonchev–Trinajstić information content (AvgIpc) is 3.78. The van der Waals surface area contributed by atoms with Crippen LogP contribution in [-0.2, 0) is 0 Å². The third-order valence-electron chi connectivity index (χ3n) is 10.6. The van der Waals surface area contributed by atoms with Gasteiger partial charge in [-0.3, -0.25) is 0 Å². The predicted molar refractivity (Wildman–Crippen MR) is 222 cm³/mol. The molecule has 9 aromatic carbocycles. The standard InChI is InChI=1S/C50H31NO2/c1-2-12-33-27-37(24-23-32(33)11-1)34-15-9-16-39(28-34)51(45-20-10-22-48-50(45)41-18-6-8-21-46(41)52-48)44-19-7-5-17-40(44)38-25-26-47-42(30-38)43-29-35-13-3-4-14-36(35)31-49(43)53-47/h1-31H. The number of fused-ring (bicyclic) bond motifs is 8. The van der Waals surface area contributed by atoms with E-state index in [1.54, 1.807) is 0 Å². The van der Waals surface area contributed by atoms with E-state index in [-0.39, 0.29) is 0 Å². The summed E-state index contributed by atoms with van der Waals surface area (Å²) in [7, 11) is 0. The molecule has 0 aliphatic heterocycles. The van der Waals surface area contributed by atoms with Gasteiger partial charge in [0, 0.05) is 27.4 Å². The largest absolute Gasteiger partial charge is 0.456 e. The summed E-state index contributed by atoms with van der Waals surface area (Å²) < 4.78 is 12.8.